The zero-order chi connectivity index (χ0) is 23.9. The summed E-state index contributed by atoms with van der Waals surface area (Å²) >= 11 is 1.66. The fourth-order valence-corrected chi connectivity index (χ4v) is 5.51. The number of carbonyl (C=O) groups excluding carboxylic acids is 2. The Morgan fingerprint density at radius 2 is 1.76 bits per heavy atom. The molecule has 2 aliphatic carbocycles. The van der Waals surface area contributed by atoms with E-state index in [1.807, 2.05) is 39.4 Å². The van der Waals surface area contributed by atoms with Crippen molar-refractivity contribution >= 4 is 23.2 Å². The average Bonchev–Trinajstić information content (AvgIpc) is 3.59. The van der Waals surface area contributed by atoms with Gasteiger partial charge in [0.05, 0.1) is 20.8 Å². The van der Waals surface area contributed by atoms with Crippen LogP contribution in [0.3, 0.4) is 0 Å². The Bertz CT molecular complexity index is 952. The smallest absolute Gasteiger partial charge is 0.242 e. The highest BCUT2D eigenvalue weighted by Crippen LogP contribution is 2.32. The molecule has 0 atom stereocenters. The summed E-state index contributed by atoms with van der Waals surface area (Å²) in [7, 11) is 3.25. The molecule has 184 valence electrons. The first-order valence-corrected chi connectivity index (χ1v) is 13.3. The van der Waals surface area contributed by atoms with Gasteiger partial charge >= 0.3 is 0 Å². The van der Waals surface area contributed by atoms with Crippen molar-refractivity contribution in [1.82, 2.24) is 9.80 Å². The minimum Gasteiger partial charge on any atom is -0.493 e. The minimum absolute atomic E-state index is 0.0323. The summed E-state index contributed by atoms with van der Waals surface area (Å²) in [4.78, 5) is 31.8. The van der Waals surface area contributed by atoms with Crippen molar-refractivity contribution in [3.63, 3.8) is 0 Å². The summed E-state index contributed by atoms with van der Waals surface area (Å²) in [5.41, 5.74) is 1.08. The van der Waals surface area contributed by atoms with E-state index >= 15 is 0 Å². The van der Waals surface area contributed by atoms with Crippen molar-refractivity contribution in [3.05, 3.63) is 46.2 Å². The maximum absolute atomic E-state index is 13.5. The zero-order valence-electron chi connectivity index (χ0n) is 20.3. The van der Waals surface area contributed by atoms with Gasteiger partial charge in [-0.2, -0.15) is 0 Å². The third-order valence-corrected chi connectivity index (χ3v) is 7.79. The van der Waals surface area contributed by atoms with Crippen molar-refractivity contribution < 1.29 is 19.1 Å². The second-order valence-electron chi connectivity index (χ2n) is 9.37. The van der Waals surface area contributed by atoms with Gasteiger partial charge in [0, 0.05) is 23.4 Å². The lowest BCUT2D eigenvalue weighted by Gasteiger charge is -2.31. The molecule has 0 radical (unpaired) electrons. The summed E-state index contributed by atoms with van der Waals surface area (Å²) in [5.74, 6) is 1.71. The second kappa shape index (κ2) is 11.7. The molecular weight excluding hydrogens is 448 g/mol. The van der Waals surface area contributed by atoms with Crippen LogP contribution in [0.4, 0.5) is 0 Å². The van der Waals surface area contributed by atoms with E-state index in [0.717, 1.165) is 49.0 Å². The van der Waals surface area contributed by atoms with Crippen LogP contribution in [-0.2, 0) is 22.6 Å². The fourth-order valence-electron chi connectivity index (χ4n) is 4.79. The average molecular weight is 485 g/mol. The number of carbonyl (C=O) groups is 2. The van der Waals surface area contributed by atoms with Crippen LogP contribution < -0.4 is 9.47 Å². The predicted molar refractivity (Wildman–Crippen MR) is 134 cm³/mol. The summed E-state index contributed by atoms with van der Waals surface area (Å²) in [6.45, 7) is 1.35. The second-order valence-corrected chi connectivity index (χ2v) is 10.4. The molecule has 2 fully saturated rings. The SMILES string of the molecule is COc1ccc(CCN(Cc2cccs2)C(=O)CN(C(=O)C2CCCCC2)C2CC2)cc1OC. The molecule has 4 rings (SSSR count). The molecule has 34 heavy (non-hydrogen) atoms. The summed E-state index contributed by atoms with van der Waals surface area (Å²) in [6.07, 6.45) is 8.14. The molecule has 6 nitrogen and oxygen atoms in total. The van der Waals surface area contributed by atoms with Gasteiger partial charge in [0.15, 0.2) is 11.5 Å². The lowest BCUT2D eigenvalue weighted by molar-refractivity contribution is -0.144. The molecule has 2 amide bonds. The Hall–Kier alpha value is -2.54. The van der Waals surface area contributed by atoms with Gasteiger partial charge in [-0.25, -0.2) is 0 Å². The Morgan fingerprint density at radius 1 is 1.00 bits per heavy atom. The molecular formula is C27H36N2O4S. The maximum atomic E-state index is 13.5. The van der Waals surface area contributed by atoms with Gasteiger partial charge in [-0.3, -0.25) is 9.59 Å². The van der Waals surface area contributed by atoms with Gasteiger partial charge in [0.25, 0.3) is 0 Å². The fraction of sp³-hybridized carbons (Fsp3) is 0.556. The molecule has 0 bridgehead atoms. The summed E-state index contributed by atoms with van der Waals surface area (Å²) < 4.78 is 10.8. The maximum Gasteiger partial charge on any atom is 0.242 e. The van der Waals surface area contributed by atoms with E-state index < -0.39 is 0 Å². The van der Waals surface area contributed by atoms with Crippen molar-refractivity contribution in [2.45, 2.75) is 64.0 Å². The number of hydrogen-bond donors (Lipinski definition) is 0. The molecule has 0 spiro atoms. The highest BCUT2D eigenvalue weighted by molar-refractivity contribution is 7.09. The van der Waals surface area contributed by atoms with Gasteiger partial charge in [0.2, 0.25) is 11.8 Å². The third kappa shape index (κ3) is 6.32. The highest BCUT2D eigenvalue weighted by atomic mass is 32.1. The lowest BCUT2D eigenvalue weighted by Crippen LogP contribution is -2.46. The molecule has 0 saturated heterocycles. The van der Waals surface area contributed by atoms with Gasteiger partial charge in [-0.05, 0) is 61.2 Å². The number of rotatable bonds is 11. The molecule has 2 aromatic rings. The molecule has 0 N–H and O–H groups in total. The molecule has 2 aliphatic rings. The van der Waals surface area contributed by atoms with E-state index in [-0.39, 0.29) is 30.3 Å². The standard InChI is InChI=1S/C27H36N2O4S/c1-32-24-13-10-20(17-25(24)33-2)14-15-28(18-23-9-6-16-34-23)26(30)19-29(22-11-12-22)27(31)21-7-4-3-5-8-21/h6,9-10,13,16-17,21-22H,3-5,7-8,11-12,14-15,18-19H2,1-2H3. The van der Waals surface area contributed by atoms with Gasteiger partial charge in [-0.1, -0.05) is 31.4 Å². The summed E-state index contributed by atoms with van der Waals surface area (Å²) in [6, 6.07) is 10.2. The van der Waals surface area contributed by atoms with Crippen molar-refractivity contribution in [2.24, 2.45) is 5.92 Å². The van der Waals surface area contributed by atoms with Gasteiger partial charge < -0.3 is 19.3 Å². The summed E-state index contributed by atoms with van der Waals surface area (Å²) in [5, 5.41) is 2.04. The number of thiophene rings is 1. The van der Waals surface area contributed by atoms with Crippen LogP contribution in [0.15, 0.2) is 35.7 Å². The quantitative estimate of drug-likeness (QED) is 0.455. The van der Waals surface area contributed by atoms with Crippen LogP contribution >= 0.6 is 11.3 Å². The number of benzene rings is 1. The molecule has 7 heteroatoms. The van der Waals surface area contributed by atoms with Gasteiger partial charge in [-0.15, -0.1) is 11.3 Å². The van der Waals surface area contributed by atoms with Crippen LogP contribution in [0.25, 0.3) is 0 Å². The molecule has 1 heterocycles. The van der Waals surface area contributed by atoms with Crippen LogP contribution in [-0.4, -0.2) is 55.0 Å². The van der Waals surface area contributed by atoms with Crippen molar-refractivity contribution in [3.8, 4) is 11.5 Å². The van der Waals surface area contributed by atoms with E-state index in [2.05, 4.69) is 6.07 Å². The monoisotopic (exact) mass is 484 g/mol. The number of amides is 2. The van der Waals surface area contributed by atoms with Crippen molar-refractivity contribution in [1.29, 1.82) is 0 Å². The van der Waals surface area contributed by atoms with Crippen LogP contribution in [0, 0.1) is 5.92 Å². The van der Waals surface area contributed by atoms with Gasteiger partial charge in [0.1, 0.15) is 6.54 Å². The van der Waals surface area contributed by atoms with Crippen LogP contribution in [0.2, 0.25) is 0 Å². The number of nitrogens with zero attached hydrogens (tertiary/aromatic N) is 2. The molecule has 0 unspecified atom stereocenters. The lowest BCUT2D eigenvalue weighted by atomic mass is 9.88. The zero-order valence-corrected chi connectivity index (χ0v) is 21.1. The normalized spacial score (nSPS) is 16.2. The Kier molecular flexibility index (Phi) is 8.48. The Labute approximate surface area is 206 Å². The predicted octanol–water partition coefficient (Wildman–Crippen LogP) is 4.91. The van der Waals surface area contributed by atoms with E-state index in [4.69, 9.17) is 9.47 Å². The third-order valence-electron chi connectivity index (χ3n) is 6.93. The topological polar surface area (TPSA) is 59.1 Å². The molecule has 2 saturated carbocycles. The number of ether oxygens (including phenoxy) is 2. The molecule has 1 aromatic heterocycles. The molecule has 0 aliphatic heterocycles. The highest BCUT2D eigenvalue weighted by Gasteiger charge is 2.37. The first kappa shape index (κ1) is 24.6. The molecule has 1 aromatic carbocycles. The minimum atomic E-state index is 0.0323. The van der Waals surface area contributed by atoms with Crippen molar-refractivity contribution in [2.75, 3.05) is 27.3 Å². The van der Waals surface area contributed by atoms with E-state index in [0.29, 0.717) is 31.0 Å². The van der Waals surface area contributed by atoms with E-state index in [1.54, 1.807) is 25.6 Å². The first-order chi connectivity index (χ1) is 16.6. The number of methoxy groups -OCH3 is 2. The van der Waals surface area contributed by atoms with Crippen LogP contribution in [0.5, 0.6) is 11.5 Å². The van der Waals surface area contributed by atoms with E-state index in [9.17, 15) is 9.59 Å². The van der Waals surface area contributed by atoms with Crippen LogP contribution in [0.1, 0.15) is 55.4 Å². The Balaban J connectivity index is 1.45. The Morgan fingerprint density at radius 3 is 2.41 bits per heavy atom. The number of hydrogen-bond acceptors (Lipinski definition) is 5. The van der Waals surface area contributed by atoms with E-state index in [1.165, 1.54) is 6.42 Å². The largest absolute Gasteiger partial charge is 0.493 e. The first-order valence-electron chi connectivity index (χ1n) is 12.4.